The second kappa shape index (κ2) is 6.35. The zero-order chi connectivity index (χ0) is 14.8. The molecule has 2 nitrogen and oxygen atoms in total. The van der Waals surface area contributed by atoms with Crippen LogP contribution in [0.2, 0.25) is 0 Å². The molecule has 1 heterocycles. The second-order valence-electron chi connectivity index (χ2n) is 5.00. The summed E-state index contributed by atoms with van der Waals surface area (Å²) in [4.78, 5) is 0. The van der Waals surface area contributed by atoms with E-state index in [1.165, 1.54) is 0 Å². The van der Waals surface area contributed by atoms with Gasteiger partial charge in [-0.15, -0.1) is 0 Å². The molecule has 0 saturated heterocycles. The third-order valence-electron chi connectivity index (χ3n) is 3.48. The van der Waals surface area contributed by atoms with Gasteiger partial charge in [0, 0.05) is 23.4 Å². The van der Waals surface area contributed by atoms with Gasteiger partial charge in [-0.25, -0.2) is 0 Å². The van der Waals surface area contributed by atoms with Crippen molar-refractivity contribution in [2.24, 2.45) is 0 Å². The van der Waals surface area contributed by atoms with Crippen molar-refractivity contribution in [3.05, 3.63) is 27.7 Å². The van der Waals surface area contributed by atoms with Crippen LogP contribution in [0.1, 0.15) is 24.0 Å². The van der Waals surface area contributed by atoms with Crippen molar-refractivity contribution in [1.82, 2.24) is 5.32 Å². The van der Waals surface area contributed by atoms with Crippen LogP contribution in [-0.4, -0.2) is 25.9 Å². The van der Waals surface area contributed by atoms with E-state index < -0.39 is 12.6 Å². The van der Waals surface area contributed by atoms with E-state index in [1.54, 1.807) is 7.05 Å². The van der Waals surface area contributed by atoms with Gasteiger partial charge >= 0.3 is 6.18 Å². The van der Waals surface area contributed by atoms with E-state index in [1.807, 2.05) is 12.1 Å². The molecule has 112 valence electrons. The summed E-state index contributed by atoms with van der Waals surface area (Å²) in [7, 11) is 1.69. The predicted molar refractivity (Wildman–Crippen MR) is 75.2 cm³/mol. The Bertz CT molecular complexity index is 476. The van der Waals surface area contributed by atoms with Crippen molar-refractivity contribution >= 4 is 15.9 Å². The first kappa shape index (κ1) is 15.6. The monoisotopic (exact) mass is 351 g/mol. The molecule has 0 aliphatic carbocycles. The van der Waals surface area contributed by atoms with E-state index >= 15 is 0 Å². The summed E-state index contributed by atoms with van der Waals surface area (Å²) in [5.41, 5.74) is 2.09. The van der Waals surface area contributed by atoms with Gasteiger partial charge in [-0.2, -0.15) is 13.2 Å². The Kier molecular flexibility index (Phi) is 4.96. The summed E-state index contributed by atoms with van der Waals surface area (Å²) in [6.07, 6.45) is -3.41. The van der Waals surface area contributed by atoms with E-state index in [0.29, 0.717) is 13.0 Å². The molecule has 0 fully saturated rings. The SMILES string of the molecule is CNC(CCC(F)(F)F)Cc1cc(Br)cc2c1OCC2. The smallest absolute Gasteiger partial charge is 0.389 e. The van der Waals surface area contributed by atoms with Crippen molar-refractivity contribution in [3.8, 4) is 5.75 Å². The van der Waals surface area contributed by atoms with E-state index in [2.05, 4.69) is 21.2 Å². The molecule has 2 rings (SSSR count). The van der Waals surface area contributed by atoms with Gasteiger partial charge in [-0.3, -0.25) is 0 Å². The zero-order valence-corrected chi connectivity index (χ0v) is 12.8. The van der Waals surface area contributed by atoms with Crippen LogP contribution in [-0.2, 0) is 12.8 Å². The molecule has 1 unspecified atom stereocenters. The van der Waals surface area contributed by atoms with E-state index in [4.69, 9.17) is 4.74 Å². The third-order valence-corrected chi connectivity index (χ3v) is 3.93. The number of hydrogen-bond acceptors (Lipinski definition) is 2. The Morgan fingerprint density at radius 3 is 2.80 bits per heavy atom. The molecule has 0 spiro atoms. The quantitative estimate of drug-likeness (QED) is 0.869. The van der Waals surface area contributed by atoms with Crippen molar-refractivity contribution in [3.63, 3.8) is 0 Å². The molecule has 1 aromatic carbocycles. The number of ether oxygens (including phenoxy) is 1. The van der Waals surface area contributed by atoms with Gasteiger partial charge in [0.1, 0.15) is 5.75 Å². The van der Waals surface area contributed by atoms with Gasteiger partial charge in [-0.1, -0.05) is 15.9 Å². The third kappa shape index (κ3) is 4.12. The van der Waals surface area contributed by atoms with E-state index in [-0.39, 0.29) is 12.5 Å². The van der Waals surface area contributed by atoms with Crippen LogP contribution in [0.15, 0.2) is 16.6 Å². The normalized spacial score (nSPS) is 15.8. The molecule has 1 atom stereocenters. The maximum Gasteiger partial charge on any atom is 0.389 e. The topological polar surface area (TPSA) is 21.3 Å². The van der Waals surface area contributed by atoms with Crippen LogP contribution in [0.5, 0.6) is 5.75 Å². The lowest BCUT2D eigenvalue weighted by Gasteiger charge is -2.19. The molecule has 1 aromatic rings. The highest BCUT2D eigenvalue weighted by atomic mass is 79.9. The maximum absolute atomic E-state index is 12.3. The van der Waals surface area contributed by atoms with Crippen molar-refractivity contribution < 1.29 is 17.9 Å². The second-order valence-corrected chi connectivity index (χ2v) is 5.91. The fraction of sp³-hybridized carbons (Fsp3) is 0.571. The first-order valence-corrected chi connectivity index (χ1v) is 7.36. The number of rotatable bonds is 5. The van der Waals surface area contributed by atoms with Gasteiger partial charge in [0.15, 0.2) is 0 Å². The highest BCUT2D eigenvalue weighted by Gasteiger charge is 2.28. The first-order valence-electron chi connectivity index (χ1n) is 6.57. The molecule has 6 heteroatoms. The molecule has 0 radical (unpaired) electrons. The molecule has 1 N–H and O–H groups in total. The number of hydrogen-bond donors (Lipinski definition) is 1. The molecule has 0 bridgehead atoms. The highest BCUT2D eigenvalue weighted by molar-refractivity contribution is 9.10. The van der Waals surface area contributed by atoms with Crippen molar-refractivity contribution in [2.75, 3.05) is 13.7 Å². The maximum atomic E-state index is 12.3. The Labute approximate surface area is 124 Å². The number of benzene rings is 1. The number of fused-ring (bicyclic) bond motifs is 1. The Balaban J connectivity index is 2.08. The summed E-state index contributed by atoms with van der Waals surface area (Å²) in [6.45, 7) is 0.644. The van der Waals surface area contributed by atoms with Gasteiger partial charge in [-0.05, 0) is 43.1 Å². The van der Waals surface area contributed by atoms with Crippen LogP contribution in [0.4, 0.5) is 13.2 Å². The Hall–Kier alpha value is -0.750. The lowest BCUT2D eigenvalue weighted by atomic mass is 9.99. The summed E-state index contributed by atoms with van der Waals surface area (Å²) in [5, 5.41) is 2.96. The van der Waals surface area contributed by atoms with Crippen LogP contribution in [0.3, 0.4) is 0 Å². The van der Waals surface area contributed by atoms with E-state index in [0.717, 1.165) is 27.8 Å². The van der Waals surface area contributed by atoms with Crippen molar-refractivity contribution in [2.45, 2.75) is 37.9 Å². The Morgan fingerprint density at radius 1 is 1.40 bits per heavy atom. The average molecular weight is 352 g/mol. The van der Waals surface area contributed by atoms with Gasteiger partial charge in [0.05, 0.1) is 6.61 Å². The average Bonchev–Trinajstić information content (AvgIpc) is 2.81. The number of halogens is 4. The number of alkyl halides is 3. The lowest BCUT2D eigenvalue weighted by molar-refractivity contribution is -0.136. The lowest BCUT2D eigenvalue weighted by Crippen LogP contribution is -2.29. The minimum atomic E-state index is -4.11. The summed E-state index contributed by atoms with van der Waals surface area (Å²) in [5.74, 6) is 0.848. The summed E-state index contributed by atoms with van der Waals surface area (Å²) < 4.78 is 43.5. The van der Waals surface area contributed by atoms with Crippen molar-refractivity contribution in [1.29, 1.82) is 0 Å². The van der Waals surface area contributed by atoms with Crippen LogP contribution >= 0.6 is 15.9 Å². The zero-order valence-electron chi connectivity index (χ0n) is 11.2. The molecular weight excluding hydrogens is 335 g/mol. The molecule has 20 heavy (non-hydrogen) atoms. The highest BCUT2D eigenvalue weighted by Crippen LogP contribution is 2.34. The molecule has 0 amide bonds. The molecule has 0 saturated carbocycles. The molecule has 1 aliphatic heterocycles. The fourth-order valence-corrected chi connectivity index (χ4v) is 3.00. The van der Waals surface area contributed by atoms with Crippen LogP contribution < -0.4 is 10.1 Å². The van der Waals surface area contributed by atoms with Gasteiger partial charge in [0.25, 0.3) is 0 Å². The van der Waals surface area contributed by atoms with Crippen LogP contribution in [0.25, 0.3) is 0 Å². The largest absolute Gasteiger partial charge is 0.493 e. The standard InChI is InChI=1S/C14H17BrF3NO/c1-19-12(2-4-14(16,17)18)8-10-7-11(15)6-9-3-5-20-13(9)10/h6-7,12,19H,2-5,8H2,1H3. The summed E-state index contributed by atoms with van der Waals surface area (Å²) >= 11 is 3.44. The minimum Gasteiger partial charge on any atom is -0.493 e. The first-order chi connectivity index (χ1) is 9.39. The predicted octanol–water partition coefficient (Wildman–Crippen LogP) is 3.86. The number of likely N-dealkylation sites (N-methyl/N-ethyl adjacent to an activating group) is 1. The fourth-order valence-electron chi connectivity index (χ4n) is 2.45. The summed E-state index contributed by atoms with van der Waals surface area (Å²) in [6, 6.07) is 3.73. The Morgan fingerprint density at radius 2 is 2.15 bits per heavy atom. The minimum absolute atomic E-state index is 0.0707. The number of nitrogens with one attached hydrogen (secondary N) is 1. The van der Waals surface area contributed by atoms with Gasteiger partial charge < -0.3 is 10.1 Å². The van der Waals surface area contributed by atoms with Gasteiger partial charge in [0.2, 0.25) is 0 Å². The van der Waals surface area contributed by atoms with Crippen LogP contribution in [0, 0.1) is 0 Å². The molecular formula is C14H17BrF3NO. The molecule has 1 aliphatic rings. The van der Waals surface area contributed by atoms with E-state index in [9.17, 15) is 13.2 Å². The molecule has 0 aromatic heterocycles.